The minimum Gasteiger partial charge on any atom is -0.507 e. The number of hydrogen-bond acceptors (Lipinski definition) is 3. The Balaban J connectivity index is 1.67. The topological polar surface area (TPSA) is 78.4 Å². The Morgan fingerprint density at radius 1 is 1.00 bits per heavy atom. The number of amides is 2. The number of para-hydroxylation sites is 1. The lowest BCUT2D eigenvalue weighted by Gasteiger charge is -2.16. The molecule has 1 saturated carbocycles. The van der Waals surface area contributed by atoms with Crippen molar-refractivity contribution in [3.63, 3.8) is 0 Å². The minimum atomic E-state index is -0.723. The van der Waals surface area contributed by atoms with Crippen molar-refractivity contribution in [2.75, 3.05) is 0 Å². The van der Waals surface area contributed by atoms with E-state index in [9.17, 15) is 19.1 Å². The van der Waals surface area contributed by atoms with Crippen molar-refractivity contribution in [3.05, 3.63) is 65.5 Å². The molecule has 0 radical (unpaired) electrons. The quantitative estimate of drug-likeness (QED) is 0.759. The van der Waals surface area contributed by atoms with Crippen molar-refractivity contribution in [2.45, 2.75) is 18.3 Å². The van der Waals surface area contributed by atoms with Crippen molar-refractivity contribution >= 4 is 11.8 Å². The van der Waals surface area contributed by atoms with Crippen LogP contribution in [0.15, 0.2) is 48.5 Å². The summed E-state index contributed by atoms with van der Waals surface area (Å²) in [5.74, 6) is -1.49. The highest BCUT2D eigenvalue weighted by Gasteiger charge is 2.51. The molecule has 1 aliphatic rings. The fourth-order valence-corrected chi connectivity index (χ4v) is 2.51. The lowest BCUT2D eigenvalue weighted by molar-refractivity contribution is -0.124. The van der Waals surface area contributed by atoms with Gasteiger partial charge in [-0.05, 0) is 42.7 Å². The average Bonchev–Trinajstić information content (AvgIpc) is 3.35. The number of nitrogens with one attached hydrogen (secondary N) is 2. The summed E-state index contributed by atoms with van der Waals surface area (Å²) in [5.41, 5.74) is 4.74. The molecule has 6 heteroatoms. The maximum Gasteiger partial charge on any atom is 0.273 e. The lowest BCUT2D eigenvalue weighted by Crippen LogP contribution is -2.46. The monoisotopic (exact) mass is 314 g/mol. The number of halogens is 1. The van der Waals surface area contributed by atoms with Gasteiger partial charge < -0.3 is 5.11 Å². The summed E-state index contributed by atoms with van der Waals surface area (Å²) in [4.78, 5) is 24.3. The molecule has 0 spiro atoms. The molecule has 0 unspecified atom stereocenters. The third kappa shape index (κ3) is 2.88. The molecule has 23 heavy (non-hydrogen) atoms. The molecular weight excluding hydrogens is 299 g/mol. The SMILES string of the molecule is O=C(NNC(=O)C1(c2ccc(F)cc2)CC1)c1ccccc1O. The molecule has 1 aliphatic carbocycles. The van der Waals surface area contributed by atoms with Crippen LogP contribution in [0.3, 0.4) is 0 Å². The van der Waals surface area contributed by atoms with Gasteiger partial charge in [-0.15, -0.1) is 0 Å². The van der Waals surface area contributed by atoms with Crippen molar-refractivity contribution < 1.29 is 19.1 Å². The number of phenols is 1. The predicted molar refractivity (Wildman–Crippen MR) is 81.0 cm³/mol. The first kappa shape index (κ1) is 15.0. The van der Waals surface area contributed by atoms with Crippen molar-refractivity contribution in [2.24, 2.45) is 0 Å². The van der Waals surface area contributed by atoms with Crippen LogP contribution in [0.2, 0.25) is 0 Å². The molecule has 3 N–H and O–H groups in total. The lowest BCUT2D eigenvalue weighted by atomic mass is 9.95. The Kier molecular flexibility index (Phi) is 3.73. The number of hydrazine groups is 1. The molecular formula is C17H15FN2O3. The normalized spacial score (nSPS) is 14.8. The highest BCUT2D eigenvalue weighted by atomic mass is 19.1. The number of carbonyl (C=O) groups excluding carboxylic acids is 2. The van der Waals surface area contributed by atoms with Gasteiger partial charge in [-0.25, -0.2) is 4.39 Å². The molecule has 0 aromatic heterocycles. The highest BCUT2D eigenvalue weighted by Crippen LogP contribution is 2.48. The third-order valence-electron chi connectivity index (χ3n) is 4.02. The first-order valence-corrected chi connectivity index (χ1v) is 7.18. The van der Waals surface area contributed by atoms with Crippen LogP contribution in [0.25, 0.3) is 0 Å². The molecule has 0 atom stereocenters. The van der Waals surface area contributed by atoms with Gasteiger partial charge >= 0.3 is 0 Å². The molecule has 2 aromatic rings. The van der Waals surface area contributed by atoms with Crippen LogP contribution in [-0.2, 0) is 10.2 Å². The van der Waals surface area contributed by atoms with Crippen LogP contribution in [0, 0.1) is 5.82 Å². The molecule has 1 fully saturated rings. The minimum absolute atomic E-state index is 0.0689. The summed E-state index contributed by atoms with van der Waals surface area (Å²) < 4.78 is 13.0. The van der Waals surface area contributed by atoms with Gasteiger partial charge in [0.2, 0.25) is 5.91 Å². The zero-order valence-electron chi connectivity index (χ0n) is 12.2. The van der Waals surface area contributed by atoms with Crippen molar-refractivity contribution in [3.8, 4) is 5.75 Å². The van der Waals surface area contributed by atoms with Crippen molar-refractivity contribution in [1.82, 2.24) is 10.9 Å². The second kappa shape index (κ2) is 5.72. The van der Waals surface area contributed by atoms with Gasteiger partial charge in [-0.1, -0.05) is 24.3 Å². The number of hydrogen-bond donors (Lipinski definition) is 3. The zero-order valence-corrected chi connectivity index (χ0v) is 12.2. The zero-order chi connectivity index (χ0) is 16.4. The number of carbonyl (C=O) groups is 2. The van der Waals surface area contributed by atoms with Crippen LogP contribution in [0.5, 0.6) is 5.75 Å². The van der Waals surface area contributed by atoms with Crippen LogP contribution in [0.1, 0.15) is 28.8 Å². The van der Waals surface area contributed by atoms with Gasteiger partial charge in [0.25, 0.3) is 5.91 Å². The van der Waals surface area contributed by atoms with E-state index >= 15 is 0 Å². The second-order valence-corrected chi connectivity index (χ2v) is 5.51. The van der Waals surface area contributed by atoms with Crippen LogP contribution < -0.4 is 10.9 Å². The van der Waals surface area contributed by atoms with E-state index in [4.69, 9.17) is 0 Å². The van der Waals surface area contributed by atoms with Gasteiger partial charge in [0, 0.05) is 0 Å². The fraction of sp³-hybridized carbons (Fsp3) is 0.176. The van der Waals surface area contributed by atoms with Crippen LogP contribution in [-0.4, -0.2) is 16.9 Å². The molecule has 0 saturated heterocycles. The number of aromatic hydroxyl groups is 1. The molecule has 0 bridgehead atoms. The Morgan fingerprint density at radius 2 is 1.65 bits per heavy atom. The smallest absolute Gasteiger partial charge is 0.273 e. The second-order valence-electron chi connectivity index (χ2n) is 5.51. The Hall–Kier alpha value is -2.89. The van der Waals surface area contributed by atoms with Gasteiger partial charge in [0.15, 0.2) is 0 Å². The van der Waals surface area contributed by atoms with E-state index in [-0.39, 0.29) is 23.0 Å². The van der Waals surface area contributed by atoms with Crippen LogP contribution in [0.4, 0.5) is 4.39 Å². The average molecular weight is 314 g/mol. The van der Waals surface area contributed by atoms with E-state index in [1.807, 2.05) is 0 Å². The van der Waals surface area contributed by atoms with E-state index in [1.165, 1.54) is 24.3 Å². The number of benzene rings is 2. The summed E-state index contributed by atoms with van der Waals surface area (Å²) in [5, 5.41) is 9.61. The van der Waals surface area contributed by atoms with Crippen LogP contribution >= 0.6 is 0 Å². The number of phenolic OH excluding ortho intramolecular Hbond substituents is 1. The van der Waals surface area contributed by atoms with E-state index in [2.05, 4.69) is 10.9 Å². The highest BCUT2D eigenvalue weighted by molar-refractivity contribution is 5.99. The summed E-state index contributed by atoms with van der Waals surface area (Å²) in [7, 11) is 0. The van der Waals surface area contributed by atoms with E-state index in [0.717, 1.165) is 0 Å². The van der Waals surface area contributed by atoms with Gasteiger partial charge in [-0.2, -0.15) is 0 Å². The van der Waals surface area contributed by atoms with E-state index < -0.39 is 11.3 Å². The molecule has 118 valence electrons. The molecule has 0 aliphatic heterocycles. The van der Waals surface area contributed by atoms with Crippen molar-refractivity contribution in [1.29, 1.82) is 0 Å². The predicted octanol–water partition coefficient (Wildman–Crippen LogP) is 2.02. The van der Waals surface area contributed by atoms with E-state index in [0.29, 0.717) is 18.4 Å². The maximum atomic E-state index is 13.0. The summed E-state index contributed by atoms with van der Waals surface area (Å²) in [6, 6.07) is 11.8. The third-order valence-corrected chi connectivity index (χ3v) is 4.02. The molecule has 5 nitrogen and oxygen atoms in total. The summed E-state index contributed by atoms with van der Waals surface area (Å²) in [6.45, 7) is 0. The first-order valence-electron chi connectivity index (χ1n) is 7.18. The molecule has 3 rings (SSSR count). The summed E-state index contributed by atoms with van der Waals surface area (Å²) in [6.07, 6.45) is 1.27. The largest absolute Gasteiger partial charge is 0.507 e. The Labute approximate surface area is 132 Å². The molecule has 2 aromatic carbocycles. The fourth-order valence-electron chi connectivity index (χ4n) is 2.51. The van der Waals surface area contributed by atoms with Gasteiger partial charge in [0.1, 0.15) is 11.6 Å². The standard InChI is InChI=1S/C17H15FN2O3/c18-12-7-5-11(6-8-12)17(9-10-17)16(23)20-19-15(22)13-3-1-2-4-14(13)21/h1-8,21H,9-10H2,(H,19,22)(H,20,23). The van der Waals surface area contributed by atoms with Gasteiger partial charge in [-0.3, -0.25) is 20.4 Å². The Bertz CT molecular complexity index is 755. The summed E-state index contributed by atoms with van der Waals surface area (Å²) >= 11 is 0. The Morgan fingerprint density at radius 3 is 2.26 bits per heavy atom. The van der Waals surface area contributed by atoms with Gasteiger partial charge in [0.05, 0.1) is 11.0 Å². The molecule has 0 heterocycles. The first-order chi connectivity index (χ1) is 11.0. The van der Waals surface area contributed by atoms with E-state index in [1.54, 1.807) is 24.3 Å². The molecule has 2 amide bonds. The number of rotatable bonds is 3. The maximum absolute atomic E-state index is 13.0.